The van der Waals surface area contributed by atoms with Gasteiger partial charge in [0, 0.05) is 33.7 Å². The fourth-order valence-electron chi connectivity index (χ4n) is 3.39. The molecule has 0 unspecified atom stereocenters. The number of aliphatic hydroxyl groups excluding tert-OH is 1. The number of aryl methyl sites for hydroxylation is 1. The lowest BCUT2D eigenvalue weighted by Gasteiger charge is -2.28. The third-order valence-electron chi connectivity index (χ3n) is 5.00. The van der Waals surface area contributed by atoms with Crippen molar-refractivity contribution < 1.29 is 9.90 Å². The lowest BCUT2D eigenvalue weighted by Crippen LogP contribution is -2.33. The van der Waals surface area contributed by atoms with Gasteiger partial charge in [-0.15, -0.1) is 0 Å². The molecule has 6 heteroatoms. The largest absolute Gasteiger partial charge is 0.386 e. The van der Waals surface area contributed by atoms with Gasteiger partial charge in [0.05, 0.1) is 24.4 Å². The van der Waals surface area contributed by atoms with Crippen LogP contribution in [0.15, 0.2) is 30.3 Å². The van der Waals surface area contributed by atoms with Crippen LogP contribution >= 0.6 is 0 Å². The van der Waals surface area contributed by atoms with E-state index in [1.807, 2.05) is 10.7 Å². The zero-order chi connectivity index (χ0) is 18.7. The standard InChI is InChI=1S/C20H28N4O2/c1-4-15-7-5-6-8-16(15)13-23-9-10-24-17(14-23)11-18(21-24)19(25)12-20(26)22(2)3/h5-8,11,19,25H,4,9-10,12-14H2,1-3H3/t19-/m0/s1. The molecule has 0 aliphatic carbocycles. The van der Waals surface area contributed by atoms with Gasteiger partial charge >= 0.3 is 0 Å². The van der Waals surface area contributed by atoms with Crippen molar-refractivity contribution in [1.82, 2.24) is 19.6 Å². The van der Waals surface area contributed by atoms with Gasteiger partial charge in [-0.05, 0) is 23.6 Å². The Bertz CT molecular complexity index is 769. The highest BCUT2D eigenvalue weighted by Gasteiger charge is 2.23. The predicted molar refractivity (Wildman–Crippen MR) is 100 cm³/mol. The van der Waals surface area contributed by atoms with Crippen molar-refractivity contribution in [2.24, 2.45) is 0 Å². The summed E-state index contributed by atoms with van der Waals surface area (Å²) in [6, 6.07) is 10.5. The Morgan fingerprint density at radius 3 is 2.69 bits per heavy atom. The molecule has 1 amide bonds. The molecule has 2 heterocycles. The van der Waals surface area contributed by atoms with Crippen molar-refractivity contribution in [3.63, 3.8) is 0 Å². The van der Waals surface area contributed by atoms with E-state index in [1.165, 1.54) is 16.0 Å². The zero-order valence-corrected chi connectivity index (χ0v) is 15.9. The summed E-state index contributed by atoms with van der Waals surface area (Å²) in [5.74, 6) is -0.0960. The second kappa shape index (κ2) is 8.01. The summed E-state index contributed by atoms with van der Waals surface area (Å²) in [7, 11) is 3.39. The maximum Gasteiger partial charge on any atom is 0.225 e. The minimum absolute atomic E-state index is 0.0665. The van der Waals surface area contributed by atoms with E-state index in [4.69, 9.17) is 0 Å². The normalized spacial score (nSPS) is 15.5. The van der Waals surface area contributed by atoms with Gasteiger partial charge in [-0.25, -0.2) is 0 Å². The monoisotopic (exact) mass is 356 g/mol. The van der Waals surface area contributed by atoms with Crippen LogP contribution in [0.25, 0.3) is 0 Å². The Morgan fingerprint density at radius 1 is 1.27 bits per heavy atom. The Balaban J connectivity index is 1.67. The van der Waals surface area contributed by atoms with Crippen molar-refractivity contribution >= 4 is 5.91 Å². The number of aromatic nitrogens is 2. The Kier molecular flexibility index (Phi) is 5.74. The topological polar surface area (TPSA) is 61.6 Å². The number of hydrogen-bond acceptors (Lipinski definition) is 4. The second-order valence-electron chi connectivity index (χ2n) is 7.12. The van der Waals surface area contributed by atoms with Crippen LogP contribution in [0.3, 0.4) is 0 Å². The maximum atomic E-state index is 11.8. The molecule has 0 radical (unpaired) electrons. The summed E-state index contributed by atoms with van der Waals surface area (Å²) in [6.07, 6.45) is 0.257. The molecule has 0 spiro atoms. The lowest BCUT2D eigenvalue weighted by atomic mass is 10.0. The zero-order valence-electron chi connectivity index (χ0n) is 15.9. The highest BCUT2D eigenvalue weighted by Crippen LogP contribution is 2.22. The average Bonchev–Trinajstić information content (AvgIpc) is 3.05. The Labute approximate surface area is 155 Å². The molecule has 0 saturated heterocycles. The van der Waals surface area contributed by atoms with E-state index in [-0.39, 0.29) is 12.3 Å². The molecular weight excluding hydrogens is 328 g/mol. The molecule has 1 N–H and O–H groups in total. The molecule has 1 aromatic carbocycles. The van der Waals surface area contributed by atoms with Crippen LogP contribution in [0, 0.1) is 0 Å². The van der Waals surface area contributed by atoms with Gasteiger partial charge < -0.3 is 10.0 Å². The van der Waals surface area contributed by atoms with Gasteiger partial charge in [0.1, 0.15) is 6.10 Å². The van der Waals surface area contributed by atoms with Gasteiger partial charge in [-0.3, -0.25) is 14.4 Å². The fourth-order valence-corrected chi connectivity index (χ4v) is 3.39. The summed E-state index contributed by atoms with van der Waals surface area (Å²) < 4.78 is 1.96. The summed E-state index contributed by atoms with van der Waals surface area (Å²) in [6.45, 7) is 5.65. The molecule has 1 aliphatic rings. The van der Waals surface area contributed by atoms with Crippen LogP contribution in [0.1, 0.15) is 42.0 Å². The molecule has 1 atom stereocenters. The van der Waals surface area contributed by atoms with Gasteiger partial charge in [-0.1, -0.05) is 31.2 Å². The molecule has 0 fully saturated rings. The van der Waals surface area contributed by atoms with Crippen LogP contribution in [-0.4, -0.2) is 51.2 Å². The SMILES string of the molecule is CCc1ccccc1CN1CCn2nc([C@@H](O)CC(=O)N(C)C)cc2C1. The number of fused-ring (bicyclic) bond motifs is 1. The van der Waals surface area contributed by atoms with Crippen LogP contribution in [0.5, 0.6) is 0 Å². The van der Waals surface area contributed by atoms with Crippen LogP contribution in [0.4, 0.5) is 0 Å². The van der Waals surface area contributed by atoms with Crippen molar-refractivity contribution in [2.75, 3.05) is 20.6 Å². The molecule has 1 aromatic heterocycles. The lowest BCUT2D eigenvalue weighted by molar-refractivity contribution is -0.130. The molecule has 140 valence electrons. The first kappa shape index (κ1) is 18.6. The predicted octanol–water partition coefficient (Wildman–Crippen LogP) is 1.97. The van der Waals surface area contributed by atoms with Gasteiger partial charge in [0.2, 0.25) is 5.91 Å². The van der Waals surface area contributed by atoms with Crippen molar-refractivity contribution in [1.29, 1.82) is 0 Å². The van der Waals surface area contributed by atoms with E-state index in [2.05, 4.69) is 41.2 Å². The molecule has 2 aromatic rings. The summed E-state index contributed by atoms with van der Waals surface area (Å²) >= 11 is 0. The van der Waals surface area contributed by atoms with E-state index in [9.17, 15) is 9.90 Å². The first-order valence-electron chi connectivity index (χ1n) is 9.22. The molecule has 6 nitrogen and oxygen atoms in total. The number of nitrogens with zero attached hydrogens (tertiary/aromatic N) is 4. The molecule has 0 saturated carbocycles. The van der Waals surface area contributed by atoms with E-state index >= 15 is 0 Å². The van der Waals surface area contributed by atoms with Gasteiger partial charge in [0.15, 0.2) is 0 Å². The minimum atomic E-state index is -0.850. The number of hydrogen-bond donors (Lipinski definition) is 1. The average molecular weight is 356 g/mol. The molecule has 26 heavy (non-hydrogen) atoms. The van der Waals surface area contributed by atoms with E-state index in [0.717, 1.165) is 38.3 Å². The molecule has 1 aliphatic heterocycles. The van der Waals surface area contributed by atoms with Gasteiger partial charge in [0.25, 0.3) is 0 Å². The number of benzene rings is 1. The van der Waals surface area contributed by atoms with E-state index < -0.39 is 6.10 Å². The highest BCUT2D eigenvalue weighted by atomic mass is 16.3. The molecule has 3 rings (SSSR count). The Morgan fingerprint density at radius 2 is 2.00 bits per heavy atom. The van der Waals surface area contributed by atoms with Gasteiger partial charge in [-0.2, -0.15) is 5.10 Å². The first-order chi connectivity index (χ1) is 12.5. The quantitative estimate of drug-likeness (QED) is 0.860. The first-order valence-corrected chi connectivity index (χ1v) is 9.22. The fraction of sp³-hybridized carbons (Fsp3) is 0.500. The second-order valence-corrected chi connectivity index (χ2v) is 7.12. The summed E-state index contributed by atoms with van der Waals surface area (Å²) in [5, 5.41) is 14.8. The van der Waals surface area contributed by atoms with Crippen LogP contribution in [0.2, 0.25) is 0 Å². The number of rotatable bonds is 6. The Hall–Kier alpha value is -2.18. The third-order valence-corrected chi connectivity index (χ3v) is 5.00. The van der Waals surface area contributed by atoms with Crippen LogP contribution < -0.4 is 0 Å². The highest BCUT2D eigenvalue weighted by molar-refractivity contribution is 5.76. The van der Waals surface area contributed by atoms with E-state index in [1.54, 1.807) is 14.1 Å². The third kappa shape index (κ3) is 4.14. The summed E-state index contributed by atoms with van der Waals surface area (Å²) in [4.78, 5) is 15.7. The number of amides is 1. The number of carbonyl (C=O) groups is 1. The van der Waals surface area contributed by atoms with Crippen molar-refractivity contribution in [3.05, 3.63) is 52.8 Å². The van der Waals surface area contributed by atoms with Crippen molar-refractivity contribution in [2.45, 2.75) is 45.5 Å². The van der Waals surface area contributed by atoms with Crippen molar-refractivity contribution in [3.8, 4) is 0 Å². The number of carbonyl (C=O) groups excluding carboxylic acids is 1. The number of aliphatic hydroxyl groups is 1. The maximum absolute atomic E-state index is 11.8. The van der Waals surface area contributed by atoms with E-state index in [0.29, 0.717) is 5.69 Å². The van der Waals surface area contributed by atoms with Crippen LogP contribution in [-0.2, 0) is 30.8 Å². The summed E-state index contributed by atoms with van der Waals surface area (Å²) in [5.41, 5.74) is 4.45. The molecular formula is C20H28N4O2. The smallest absolute Gasteiger partial charge is 0.225 e. The minimum Gasteiger partial charge on any atom is -0.386 e. The molecule has 0 bridgehead atoms.